The molecule has 0 aromatic heterocycles. The maximum atomic E-state index is 14.4. The number of amides is 4. The summed E-state index contributed by atoms with van der Waals surface area (Å²) in [5.74, 6) is -1.28. The van der Waals surface area contributed by atoms with Crippen LogP contribution in [0.4, 0.5) is 4.79 Å². The quantitative estimate of drug-likeness (QED) is 0.113. The molecular formula is C31H38N6O3. The van der Waals surface area contributed by atoms with Gasteiger partial charge in [-0.25, -0.2) is 4.79 Å². The molecule has 1 atom stereocenters. The molecule has 0 bridgehead atoms. The third kappa shape index (κ3) is 8.97. The van der Waals surface area contributed by atoms with E-state index >= 15 is 0 Å². The number of nitrogens with zero attached hydrogens (tertiary/aromatic N) is 1. The minimum absolute atomic E-state index is 0.0891. The second-order valence-electron chi connectivity index (χ2n) is 9.76. The molecule has 0 radical (unpaired) electrons. The number of carbonyl (C=O) groups is 3. The van der Waals surface area contributed by atoms with Gasteiger partial charge in [0.1, 0.15) is 6.04 Å². The summed E-state index contributed by atoms with van der Waals surface area (Å²) < 4.78 is 0. The van der Waals surface area contributed by atoms with Gasteiger partial charge in [-0.1, -0.05) is 91.3 Å². The van der Waals surface area contributed by atoms with Crippen LogP contribution < -0.4 is 22.5 Å². The van der Waals surface area contributed by atoms with Gasteiger partial charge < -0.3 is 27.4 Å². The standard InChI is InChI=1S/C31H38N6O3/c32-27(33)14-8-7-13-26(29(34)38)37(20-19-22-15-17-23(18-16-22)21-36-31(35)40)30(39)28(24-9-3-1-4-10-24)25-11-5-2-6-12-25/h1-6,9-12,15-18,26,28H,7-8,13-14,19-21H2,(H3,32,33)(H2,34,38)(H3,35,36,40)/t26-/m1/s1. The van der Waals surface area contributed by atoms with Gasteiger partial charge in [0, 0.05) is 19.5 Å². The number of amidine groups is 1. The first-order valence-electron chi connectivity index (χ1n) is 13.4. The molecule has 9 heteroatoms. The zero-order valence-corrected chi connectivity index (χ0v) is 22.6. The minimum atomic E-state index is -0.812. The minimum Gasteiger partial charge on any atom is -0.388 e. The zero-order chi connectivity index (χ0) is 28.9. The van der Waals surface area contributed by atoms with Crippen molar-refractivity contribution in [2.24, 2.45) is 17.2 Å². The number of rotatable bonds is 15. The van der Waals surface area contributed by atoms with E-state index in [9.17, 15) is 14.4 Å². The topological polar surface area (TPSA) is 168 Å². The van der Waals surface area contributed by atoms with Crippen molar-refractivity contribution in [1.29, 1.82) is 5.41 Å². The smallest absolute Gasteiger partial charge is 0.312 e. The highest BCUT2D eigenvalue weighted by atomic mass is 16.2. The highest BCUT2D eigenvalue weighted by Crippen LogP contribution is 2.29. The summed E-state index contributed by atoms with van der Waals surface area (Å²) in [7, 11) is 0. The van der Waals surface area contributed by atoms with Gasteiger partial charge >= 0.3 is 6.03 Å². The molecule has 0 unspecified atom stereocenters. The van der Waals surface area contributed by atoms with Crippen molar-refractivity contribution < 1.29 is 14.4 Å². The van der Waals surface area contributed by atoms with Gasteiger partial charge in [-0.15, -0.1) is 0 Å². The van der Waals surface area contributed by atoms with E-state index in [0.29, 0.717) is 38.6 Å². The highest BCUT2D eigenvalue weighted by Gasteiger charge is 2.34. The number of carbonyl (C=O) groups excluding carboxylic acids is 3. The van der Waals surface area contributed by atoms with Crippen molar-refractivity contribution in [2.45, 2.75) is 50.6 Å². The number of unbranched alkanes of at least 4 members (excludes halogenated alkanes) is 1. The lowest BCUT2D eigenvalue weighted by Gasteiger charge is -2.33. The first-order valence-corrected chi connectivity index (χ1v) is 13.4. The maximum Gasteiger partial charge on any atom is 0.312 e. The van der Waals surface area contributed by atoms with E-state index in [1.807, 2.05) is 84.9 Å². The molecule has 0 aliphatic rings. The van der Waals surface area contributed by atoms with Crippen LogP contribution in [0.2, 0.25) is 0 Å². The Hall–Kier alpha value is -4.66. The fourth-order valence-corrected chi connectivity index (χ4v) is 4.72. The molecule has 0 aliphatic heterocycles. The first-order chi connectivity index (χ1) is 19.3. The Labute approximate surface area is 235 Å². The maximum absolute atomic E-state index is 14.4. The van der Waals surface area contributed by atoms with Crippen LogP contribution in [0.1, 0.15) is 53.9 Å². The second-order valence-corrected chi connectivity index (χ2v) is 9.76. The summed E-state index contributed by atoms with van der Waals surface area (Å²) in [6.45, 7) is 0.605. The van der Waals surface area contributed by atoms with Crippen LogP contribution in [0, 0.1) is 5.41 Å². The van der Waals surface area contributed by atoms with Crippen LogP contribution >= 0.6 is 0 Å². The van der Waals surface area contributed by atoms with Crippen LogP contribution in [0.5, 0.6) is 0 Å². The normalized spacial score (nSPS) is 11.5. The van der Waals surface area contributed by atoms with Gasteiger partial charge in [0.15, 0.2) is 0 Å². The number of urea groups is 1. The molecule has 9 nitrogen and oxygen atoms in total. The Morgan fingerprint density at radius 2 is 1.32 bits per heavy atom. The molecule has 0 saturated carbocycles. The highest BCUT2D eigenvalue weighted by molar-refractivity contribution is 5.92. The third-order valence-electron chi connectivity index (χ3n) is 6.81. The van der Waals surface area contributed by atoms with Gasteiger partial charge in [-0.2, -0.15) is 0 Å². The van der Waals surface area contributed by atoms with E-state index in [2.05, 4.69) is 5.32 Å². The van der Waals surface area contributed by atoms with E-state index in [4.69, 9.17) is 22.6 Å². The van der Waals surface area contributed by atoms with Crippen molar-refractivity contribution in [3.05, 3.63) is 107 Å². The molecule has 0 saturated heterocycles. The Kier molecular flexibility index (Phi) is 11.3. The number of nitrogens with one attached hydrogen (secondary N) is 2. The summed E-state index contributed by atoms with van der Waals surface area (Å²) >= 11 is 0. The number of hydrogen-bond acceptors (Lipinski definition) is 4. The summed E-state index contributed by atoms with van der Waals surface area (Å²) in [5.41, 5.74) is 20.1. The van der Waals surface area contributed by atoms with Crippen molar-refractivity contribution in [1.82, 2.24) is 10.2 Å². The van der Waals surface area contributed by atoms with E-state index < -0.39 is 23.9 Å². The fourth-order valence-electron chi connectivity index (χ4n) is 4.72. The average molecular weight is 543 g/mol. The Morgan fingerprint density at radius 3 is 1.82 bits per heavy atom. The lowest BCUT2D eigenvalue weighted by molar-refractivity contribution is -0.140. The number of hydrogen-bond donors (Lipinski definition) is 5. The van der Waals surface area contributed by atoms with Crippen LogP contribution in [0.25, 0.3) is 0 Å². The van der Waals surface area contributed by atoms with Crippen molar-refractivity contribution >= 4 is 23.7 Å². The predicted molar refractivity (Wildman–Crippen MR) is 156 cm³/mol. The molecule has 0 fully saturated rings. The SMILES string of the molecule is N=C(N)CCCC[C@H](C(N)=O)N(CCc1ccc(CNC(N)=O)cc1)C(=O)C(c1ccccc1)c1ccccc1. The molecule has 3 rings (SSSR count). The second kappa shape index (κ2) is 15.1. The molecule has 8 N–H and O–H groups in total. The summed E-state index contributed by atoms with van der Waals surface area (Å²) in [6, 6.07) is 25.3. The molecule has 3 aromatic carbocycles. The predicted octanol–water partition coefficient (Wildman–Crippen LogP) is 3.41. The fraction of sp³-hybridized carbons (Fsp3) is 0.290. The molecular weight excluding hydrogens is 504 g/mol. The number of primary amides is 2. The van der Waals surface area contributed by atoms with Gasteiger partial charge in [0.2, 0.25) is 11.8 Å². The Balaban J connectivity index is 1.90. The van der Waals surface area contributed by atoms with Crippen LogP contribution in [-0.4, -0.2) is 41.2 Å². The lowest BCUT2D eigenvalue weighted by Crippen LogP contribution is -2.50. The van der Waals surface area contributed by atoms with E-state index in [1.54, 1.807) is 4.90 Å². The van der Waals surface area contributed by atoms with Crippen molar-refractivity contribution in [3.63, 3.8) is 0 Å². The van der Waals surface area contributed by atoms with Gasteiger partial charge in [0.05, 0.1) is 11.8 Å². The van der Waals surface area contributed by atoms with Crippen molar-refractivity contribution in [2.75, 3.05) is 6.54 Å². The summed E-state index contributed by atoms with van der Waals surface area (Å²) in [4.78, 5) is 39.8. The third-order valence-corrected chi connectivity index (χ3v) is 6.81. The average Bonchev–Trinajstić information content (AvgIpc) is 2.94. The van der Waals surface area contributed by atoms with Crippen LogP contribution in [0.3, 0.4) is 0 Å². The van der Waals surface area contributed by atoms with Gasteiger partial charge in [-0.3, -0.25) is 15.0 Å². The zero-order valence-electron chi connectivity index (χ0n) is 22.6. The molecule has 0 spiro atoms. The molecule has 0 aliphatic carbocycles. The van der Waals surface area contributed by atoms with Gasteiger partial charge in [-0.05, 0) is 41.5 Å². The molecule has 0 heterocycles. The van der Waals surface area contributed by atoms with E-state index in [1.165, 1.54) is 0 Å². The monoisotopic (exact) mass is 542 g/mol. The summed E-state index contributed by atoms with van der Waals surface area (Å²) in [6.07, 6.45) is 2.53. The van der Waals surface area contributed by atoms with Crippen molar-refractivity contribution in [3.8, 4) is 0 Å². The van der Waals surface area contributed by atoms with Gasteiger partial charge in [0.25, 0.3) is 0 Å². The molecule has 4 amide bonds. The molecule has 40 heavy (non-hydrogen) atoms. The molecule has 3 aromatic rings. The first kappa shape index (κ1) is 29.9. The number of nitrogens with two attached hydrogens (primary N) is 3. The Morgan fingerprint density at radius 1 is 0.775 bits per heavy atom. The van der Waals surface area contributed by atoms with Crippen LogP contribution in [-0.2, 0) is 22.6 Å². The lowest BCUT2D eigenvalue weighted by atomic mass is 9.89. The van der Waals surface area contributed by atoms with E-state index in [0.717, 1.165) is 22.3 Å². The van der Waals surface area contributed by atoms with Crippen LogP contribution in [0.15, 0.2) is 84.9 Å². The summed E-state index contributed by atoms with van der Waals surface area (Å²) in [5, 5.41) is 10.0. The van der Waals surface area contributed by atoms with E-state index in [-0.39, 0.29) is 18.3 Å². The number of benzene rings is 3. The Bertz CT molecular complexity index is 1230. The largest absolute Gasteiger partial charge is 0.388 e. The molecule has 210 valence electrons.